The van der Waals surface area contributed by atoms with Gasteiger partial charge in [-0.25, -0.2) is 17.8 Å². The van der Waals surface area contributed by atoms with Gasteiger partial charge in [0.05, 0.1) is 10.9 Å². The van der Waals surface area contributed by atoms with Gasteiger partial charge in [-0.05, 0) is 43.5 Å². The minimum Gasteiger partial charge on any atom is -0.248 e. The van der Waals surface area contributed by atoms with Crippen LogP contribution in [0.4, 0.5) is 4.39 Å². The van der Waals surface area contributed by atoms with Crippen molar-refractivity contribution in [2.75, 3.05) is 6.54 Å². The highest BCUT2D eigenvalue weighted by molar-refractivity contribution is 7.89. The lowest BCUT2D eigenvalue weighted by atomic mass is 10.2. The van der Waals surface area contributed by atoms with Crippen molar-refractivity contribution in [3.8, 4) is 0 Å². The van der Waals surface area contributed by atoms with Crippen LogP contribution in [0.2, 0.25) is 0 Å². The van der Waals surface area contributed by atoms with Crippen LogP contribution in [0, 0.1) is 12.7 Å². The number of sulfonamides is 1. The van der Waals surface area contributed by atoms with Gasteiger partial charge < -0.3 is 0 Å². The predicted molar refractivity (Wildman–Crippen MR) is 79.1 cm³/mol. The average Bonchev–Trinajstić information content (AvgIpc) is 3.09. The van der Waals surface area contributed by atoms with Gasteiger partial charge in [-0.15, -0.1) is 11.3 Å². The highest BCUT2D eigenvalue weighted by Gasteiger charge is 2.38. The summed E-state index contributed by atoms with van der Waals surface area (Å²) in [6.45, 7) is 2.09. The van der Waals surface area contributed by atoms with Gasteiger partial charge in [0.2, 0.25) is 10.0 Å². The minimum atomic E-state index is -3.63. The van der Waals surface area contributed by atoms with Crippen LogP contribution in [-0.4, -0.2) is 24.3 Å². The molecule has 1 fully saturated rings. The maximum absolute atomic E-state index is 13.2. The lowest BCUT2D eigenvalue weighted by molar-refractivity contribution is 0.395. The van der Waals surface area contributed by atoms with E-state index < -0.39 is 15.8 Å². The van der Waals surface area contributed by atoms with E-state index in [-0.39, 0.29) is 10.9 Å². The number of benzene rings is 1. The van der Waals surface area contributed by atoms with Crippen molar-refractivity contribution < 1.29 is 12.8 Å². The summed E-state index contributed by atoms with van der Waals surface area (Å²) in [7, 11) is -3.63. The second-order valence-corrected chi connectivity index (χ2v) is 7.84. The summed E-state index contributed by atoms with van der Waals surface area (Å²) in [4.78, 5) is 4.42. The number of hydrogen-bond acceptors (Lipinski definition) is 4. The number of thiazole rings is 1. The quantitative estimate of drug-likeness (QED) is 0.871. The number of rotatable bonds is 3. The Morgan fingerprint density at radius 1 is 1.43 bits per heavy atom. The van der Waals surface area contributed by atoms with Crippen LogP contribution in [0.5, 0.6) is 0 Å². The third-order valence-corrected chi connectivity index (χ3v) is 6.61. The smallest absolute Gasteiger partial charge is 0.243 e. The minimum absolute atomic E-state index is 0.173. The van der Waals surface area contributed by atoms with Gasteiger partial charge in [0.25, 0.3) is 0 Å². The third-order valence-electron chi connectivity index (χ3n) is 3.66. The first kappa shape index (κ1) is 14.6. The van der Waals surface area contributed by atoms with Crippen LogP contribution in [0.1, 0.15) is 29.5 Å². The monoisotopic (exact) mass is 326 g/mol. The molecule has 0 aliphatic carbocycles. The Balaban J connectivity index is 2.01. The lowest BCUT2D eigenvalue weighted by Gasteiger charge is -2.23. The van der Waals surface area contributed by atoms with Crippen LogP contribution >= 0.6 is 11.3 Å². The molecule has 1 aromatic carbocycles. The molecule has 2 heterocycles. The second kappa shape index (κ2) is 5.47. The molecule has 0 spiro atoms. The molecule has 2 aromatic rings. The van der Waals surface area contributed by atoms with Crippen molar-refractivity contribution in [3.63, 3.8) is 0 Å². The number of aromatic nitrogens is 1. The molecule has 3 rings (SSSR count). The molecule has 0 amide bonds. The van der Waals surface area contributed by atoms with Crippen LogP contribution < -0.4 is 0 Å². The van der Waals surface area contributed by atoms with Crippen molar-refractivity contribution >= 4 is 21.4 Å². The molecule has 1 aromatic heterocycles. The van der Waals surface area contributed by atoms with E-state index in [1.54, 1.807) is 13.1 Å². The highest BCUT2D eigenvalue weighted by Crippen LogP contribution is 2.37. The largest absolute Gasteiger partial charge is 0.248 e. The number of nitrogens with zero attached hydrogens (tertiary/aromatic N) is 2. The Kier molecular flexibility index (Phi) is 3.81. The summed E-state index contributed by atoms with van der Waals surface area (Å²) in [6, 6.07) is 3.58. The van der Waals surface area contributed by atoms with E-state index >= 15 is 0 Å². The number of hydrogen-bond donors (Lipinski definition) is 0. The normalized spacial score (nSPS) is 20.0. The molecule has 1 atom stereocenters. The average molecular weight is 326 g/mol. The molecule has 1 aliphatic heterocycles. The van der Waals surface area contributed by atoms with Gasteiger partial charge in [-0.2, -0.15) is 4.31 Å². The van der Waals surface area contributed by atoms with Crippen molar-refractivity contribution in [2.24, 2.45) is 0 Å². The molecule has 0 N–H and O–H groups in total. The topological polar surface area (TPSA) is 50.3 Å². The molecular formula is C14H15FN2O2S2. The molecule has 0 bridgehead atoms. The Morgan fingerprint density at radius 2 is 2.24 bits per heavy atom. The standard InChI is InChI=1S/C14H15FN2O2S2/c1-10-9-11(15)4-5-13(10)21(18,19)17-7-2-3-12(17)14-16-6-8-20-14/h4-6,8-9,12H,2-3,7H2,1H3. The van der Waals surface area contributed by atoms with Crippen LogP contribution in [0.3, 0.4) is 0 Å². The molecule has 1 aliphatic rings. The van der Waals surface area contributed by atoms with Crippen molar-refractivity contribution in [1.82, 2.24) is 9.29 Å². The number of halogens is 1. The van der Waals surface area contributed by atoms with Gasteiger partial charge in [0, 0.05) is 18.1 Å². The summed E-state index contributed by atoms with van der Waals surface area (Å²) in [5.41, 5.74) is 0.430. The van der Waals surface area contributed by atoms with Crippen molar-refractivity contribution in [2.45, 2.75) is 30.7 Å². The van der Waals surface area contributed by atoms with E-state index in [2.05, 4.69) is 4.98 Å². The van der Waals surface area contributed by atoms with Gasteiger partial charge in [-0.1, -0.05) is 0 Å². The highest BCUT2D eigenvalue weighted by atomic mass is 32.2. The van der Waals surface area contributed by atoms with Gasteiger partial charge >= 0.3 is 0 Å². The van der Waals surface area contributed by atoms with E-state index in [0.29, 0.717) is 12.1 Å². The van der Waals surface area contributed by atoms with Gasteiger partial charge in [0.1, 0.15) is 10.8 Å². The van der Waals surface area contributed by atoms with E-state index in [0.717, 1.165) is 17.8 Å². The van der Waals surface area contributed by atoms with E-state index in [1.165, 1.54) is 33.8 Å². The SMILES string of the molecule is Cc1cc(F)ccc1S(=O)(=O)N1CCCC1c1nccs1. The predicted octanol–water partition coefficient (Wildman–Crippen LogP) is 3.12. The molecular weight excluding hydrogens is 311 g/mol. The Bertz CT molecular complexity index is 744. The fourth-order valence-electron chi connectivity index (χ4n) is 2.70. The second-order valence-electron chi connectivity index (χ2n) is 5.05. The van der Waals surface area contributed by atoms with Crippen molar-refractivity contribution in [1.29, 1.82) is 0 Å². The molecule has 112 valence electrons. The molecule has 1 unspecified atom stereocenters. The van der Waals surface area contributed by atoms with E-state index in [4.69, 9.17) is 0 Å². The number of aryl methyl sites for hydroxylation is 1. The molecule has 1 saturated heterocycles. The maximum atomic E-state index is 13.2. The van der Waals surface area contributed by atoms with Gasteiger partial charge in [-0.3, -0.25) is 0 Å². The molecule has 7 heteroatoms. The van der Waals surface area contributed by atoms with Gasteiger partial charge in [0.15, 0.2) is 0 Å². The summed E-state index contributed by atoms with van der Waals surface area (Å²) in [5.74, 6) is -0.427. The van der Waals surface area contributed by atoms with E-state index in [1.807, 2.05) is 5.38 Å². The summed E-state index contributed by atoms with van der Waals surface area (Å²) < 4.78 is 40.4. The molecule has 0 saturated carbocycles. The fraction of sp³-hybridized carbons (Fsp3) is 0.357. The summed E-state index contributed by atoms with van der Waals surface area (Å²) in [5, 5.41) is 2.66. The first-order chi connectivity index (χ1) is 10.00. The molecule has 21 heavy (non-hydrogen) atoms. The summed E-state index contributed by atoms with van der Waals surface area (Å²) >= 11 is 1.46. The Labute approximate surface area is 127 Å². The molecule has 4 nitrogen and oxygen atoms in total. The zero-order chi connectivity index (χ0) is 15.0. The van der Waals surface area contributed by atoms with E-state index in [9.17, 15) is 12.8 Å². The van der Waals surface area contributed by atoms with Crippen LogP contribution in [0.15, 0.2) is 34.7 Å². The molecule has 0 radical (unpaired) electrons. The van der Waals surface area contributed by atoms with Crippen molar-refractivity contribution in [3.05, 3.63) is 46.2 Å². The zero-order valence-corrected chi connectivity index (χ0v) is 13.1. The Morgan fingerprint density at radius 3 is 2.90 bits per heavy atom. The maximum Gasteiger partial charge on any atom is 0.243 e. The fourth-order valence-corrected chi connectivity index (χ4v) is 5.42. The first-order valence-electron chi connectivity index (χ1n) is 6.67. The Hall–Kier alpha value is -1.31. The summed E-state index contributed by atoms with van der Waals surface area (Å²) in [6.07, 6.45) is 3.27. The first-order valence-corrected chi connectivity index (χ1v) is 8.99. The zero-order valence-electron chi connectivity index (χ0n) is 11.5. The van der Waals surface area contributed by atoms with Crippen LogP contribution in [0.25, 0.3) is 0 Å². The van der Waals surface area contributed by atoms with Crippen LogP contribution in [-0.2, 0) is 10.0 Å². The third kappa shape index (κ3) is 2.61. The lowest BCUT2D eigenvalue weighted by Crippen LogP contribution is -2.31.